The third kappa shape index (κ3) is 12.4. The Kier molecular flexibility index (Phi) is 14.4. The summed E-state index contributed by atoms with van der Waals surface area (Å²) in [6, 6.07) is 12.4. The maximum absolute atomic E-state index is 13.4. The number of amides is 4. The Morgan fingerprint density at radius 2 is 1.57 bits per heavy atom. The molecule has 0 aromatic heterocycles. The van der Waals surface area contributed by atoms with Crippen LogP contribution >= 0.6 is 0 Å². The van der Waals surface area contributed by atoms with Gasteiger partial charge in [0, 0.05) is 25.1 Å². The van der Waals surface area contributed by atoms with Crippen molar-refractivity contribution in [3.63, 3.8) is 0 Å². The molecule has 2 aromatic rings. The normalized spacial score (nSPS) is 14.9. The van der Waals surface area contributed by atoms with Crippen molar-refractivity contribution >= 4 is 41.6 Å². The summed E-state index contributed by atoms with van der Waals surface area (Å²) in [5.41, 5.74) is 1.39. The summed E-state index contributed by atoms with van der Waals surface area (Å²) in [4.78, 5) is 77.7. The fourth-order valence-electron chi connectivity index (χ4n) is 5.19. The molecular weight excluding hydrogens is 636 g/mol. The molecule has 0 aliphatic carbocycles. The fraction of sp³-hybridized carbons (Fsp3) is 0.486. The number of fused-ring (bicyclic) bond motifs is 1. The van der Waals surface area contributed by atoms with Gasteiger partial charge < -0.3 is 35.3 Å². The van der Waals surface area contributed by atoms with Crippen LogP contribution in [-0.2, 0) is 46.4 Å². The number of rotatable bonds is 16. The van der Waals surface area contributed by atoms with E-state index in [1.807, 2.05) is 6.07 Å². The highest BCUT2D eigenvalue weighted by Gasteiger charge is 2.39. The second kappa shape index (κ2) is 18.4. The van der Waals surface area contributed by atoms with Gasteiger partial charge in [-0.25, -0.2) is 19.2 Å². The minimum absolute atomic E-state index is 0.0485. The summed E-state index contributed by atoms with van der Waals surface area (Å²) >= 11 is 0. The largest absolute Gasteiger partial charge is 0.480 e. The number of unbranched alkanes of at least 4 members (excludes halogenated alkanes) is 1. The van der Waals surface area contributed by atoms with Gasteiger partial charge in [-0.1, -0.05) is 48.5 Å². The number of carbonyl (C=O) groups is 6. The van der Waals surface area contributed by atoms with Crippen LogP contribution in [-0.4, -0.2) is 77.9 Å². The second-order valence-electron chi connectivity index (χ2n) is 12.5. The molecule has 1 heterocycles. The van der Waals surface area contributed by atoms with E-state index in [1.165, 1.54) is 4.90 Å². The molecule has 14 nitrogen and oxygen atoms in total. The van der Waals surface area contributed by atoms with E-state index in [1.54, 1.807) is 76.2 Å². The molecule has 0 saturated carbocycles. The standard InChI is InChI=1S/C35H46N4O10/c1-5-47-32(44)28-21-24-15-9-10-17-27(24)39(28)29(40)19-18-26(31(42)43)37-30(41)25(16-11-12-20-36-33(45)49-35(2,3)4)38-34(46)48-22-23-13-7-6-8-14-23/h6-10,13-15,17,25-26,28H,5,11-12,16,18-22H2,1-4H3,(H,36,45)(H,37,41)(H,38,46)(H,42,43)/t25-,26+,28-/m0/s1. The van der Waals surface area contributed by atoms with Gasteiger partial charge in [0.1, 0.15) is 30.3 Å². The number of nitrogens with zero attached hydrogens (tertiary/aromatic N) is 1. The minimum atomic E-state index is -1.48. The number of esters is 1. The van der Waals surface area contributed by atoms with E-state index >= 15 is 0 Å². The summed E-state index contributed by atoms with van der Waals surface area (Å²) in [5, 5.41) is 17.5. The Morgan fingerprint density at radius 3 is 2.24 bits per heavy atom. The monoisotopic (exact) mass is 682 g/mol. The van der Waals surface area contributed by atoms with Crippen molar-refractivity contribution in [3.05, 3.63) is 65.7 Å². The number of carboxylic acids is 1. The molecule has 0 bridgehead atoms. The van der Waals surface area contributed by atoms with Crippen molar-refractivity contribution in [2.75, 3.05) is 18.1 Å². The predicted molar refractivity (Wildman–Crippen MR) is 178 cm³/mol. The average Bonchev–Trinajstić information content (AvgIpc) is 3.44. The van der Waals surface area contributed by atoms with Crippen molar-refractivity contribution in [1.82, 2.24) is 16.0 Å². The van der Waals surface area contributed by atoms with Crippen LogP contribution in [0.2, 0.25) is 0 Å². The van der Waals surface area contributed by atoms with Crippen LogP contribution in [0.5, 0.6) is 0 Å². The van der Waals surface area contributed by atoms with Crippen LogP contribution in [0.3, 0.4) is 0 Å². The lowest BCUT2D eigenvalue weighted by atomic mass is 10.1. The van der Waals surface area contributed by atoms with Crippen LogP contribution in [0.4, 0.5) is 15.3 Å². The van der Waals surface area contributed by atoms with E-state index in [0.717, 1.165) is 11.1 Å². The Balaban J connectivity index is 1.64. The molecule has 14 heteroatoms. The molecule has 4 amide bonds. The third-order valence-corrected chi connectivity index (χ3v) is 7.47. The van der Waals surface area contributed by atoms with Gasteiger partial charge in [0.05, 0.1) is 6.61 Å². The molecule has 0 radical (unpaired) electrons. The summed E-state index contributed by atoms with van der Waals surface area (Å²) in [7, 11) is 0. The minimum Gasteiger partial charge on any atom is -0.480 e. The van der Waals surface area contributed by atoms with Crippen molar-refractivity contribution in [3.8, 4) is 0 Å². The third-order valence-electron chi connectivity index (χ3n) is 7.47. The number of alkyl carbamates (subject to hydrolysis) is 2. The first-order valence-corrected chi connectivity index (χ1v) is 16.3. The maximum Gasteiger partial charge on any atom is 0.408 e. The highest BCUT2D eigenvalue weighted by molar-refractivity contribution is 6.02. The second-order valence-corrected chi connectivity index (χ2v) is 12.5. The van der Waals surface area contributed by atoms with Gasteiger partial charge in [-0.2, -0.15) is 0 Å². The average molecular weight is 683 g/mol. The Bertz CT molecular complexity index is 1460. The van der Waals surface area contributed by atoms with Gasteiger partial charge in [-0.15, -0.1) is 0 Å². The van der Waals surface area contributed by atoms with E-state index in [2.05, 4.69) is 16.0 Å². The molecule has 3 atom stereocenters. The molecule has 0 spiro atoms. The van der Waals surface area contributed by atoms with Crippen molar-refractivity contribution in [1.29, 1.82) is 0 Å². The van der Waals surface area contributed by atoms with E-state index in [4.69, 9.17) is 14.2 Å². The predicted octanol–water partition coefficient (Wildman–Crippen LogP) is 3.85. The molecule has 0 unspecified atom stereocenters. The van der Waals surface area contributed by atoms with Gasteiger partial charge in [-0.05, 0) is 70.6 Å². The molecular formula is C35H46N4O10. The molecule has 0 saturated heterocycles. The Morgan fingerprint density at radius 1 is 0.878 bits per heavy atom. The first kappa shape index (κ1) is 38.3. The lowest BCUT2D eigenvalue weighted by Gasteiger charge is -2.25. The zero-order valence-electron chi connectivity index (χ0n) is 28.4. The van der Waals surface area contributed by atoms with Crippen LogP contribution in [0.25, 0.3) is 0 Å². The number of hydrogen-bond acceptors (Lipinski definition) is 9. The maximum atomic E-state index is 13.4. The van der Waals surface area contributed by atoms with E-state index < -0.39 is 59.7 Å². The number of carboxylic acid groups (broad SMARTS) is 1. The summed E-state index contributed by atoms with van der Waals surface area (Å²) in [5.74, 6) is -3.23. The molecule has 266 valence electrons. The molecule has 4 N–H and O–H groups in total. The summed E-state index contributed by atoms with van der Waals surface area (Å²) < 4.78 is 15.7. The molecule has 1 aliphatic heterocycles. The SMILES string of the molecule is CCOC(=O)[C@@H]1Cc2ccccc2N1C(=O)CC[C@@H](NC(=O)[C@H](CCCCNC(=O)OC(C)(C)C)NC(=O)OCc1ccccc1)C(=O)O. The molecule has 0 fully saturated rings. The zero-order chi connectivity index (χ0) is 36.0. The topological polar surface area (TPSA) is 190 Å². The van der Waals surface area contributed by atoms with Crippen LogP contribution < -0.4 is 20.9 Å². The van der Waals surface area contributed by atoms with Crippen molar-refractivity contribution in [2.45, 2.75) is 96.6 Å². The van der Waals surface area contributed by atoms with Gasteiger partial charge >= 0.3 is 24.1 Å². The van der Waals surface area contributed by atoms with Gasteiger partial charge in [-0.3, -0.25) is 14.5 Å². The fourth-order valence-corrected chi connectivity index (χ4v) is 5.19. The number of hydrogen-bond donors (Lipinski definition) is 4. The smallest absolute Gasteiger partial charge is 0.408 e. The summed E-state index contributed by atoms with van der Waals surface area (Å²) in [6.07, 6.45) is -0.884. The zero-order valence-corrected chi connectivity index (χ0v) is 28.4. The number of carbonyl (C=O) groups excluding carboxylic acids is 5. The van der Waals surface area contributed by atoms with Crippen molar-refractivity contribution < 1.29 is 48.1 Å². The summed E-state index contributed by atoms with van der Waals surface area (Å²) in [6.45, 7) is 7.22. The number of aliphatic carboxylic acids is 1. The van der Waals surface area contributed by atoms with E-state index in [0.29, 0.717) is 18.5 Å². The highest BCUT2D eigenvalue weighted by atomic mass is 16.6. The quantitative estimate of drug-likeness (QED) is 0.115. The van der Waals surface area contributed by atoms with E-state index in [9.17, 15) is 33.9 Å². The van der Waals surface area contributed by atoms with Crippen LogP contribution in [0.15, 0.2) is 54.6 Å². The highest BCUT2D eigenvalue weighted by Crippen LogP contribution is 2.33. The molecule has 2 aromatic carbocycles. The number of ether oxygens (including phenoxy) is 3. The first-order valence-electron chi connectivity index (χ1n) is 16.3. The van der Waals surface area contributed by atoms with Gasteiger partial charge in [0.25, 0.3) is 0 Å². The van der Waals surface area contributed by atoms with Gasteiger partial charge in [0.15, 0.2) is 0 Å². The van der Waals surface area contributed by atoms with E-state index in [-0.39, 0.29) is 45.4 Å². The molecule has 1 aliphatic rings. The Hall–Kier alpha value is -5.14. The van der Waals surface area contributed by atoms with Crippen LogP contribution in [0.1, 0.15) is 70.9 Å². The number of nitrogens with one attached hydrogen (secondary N) is 3. The lowest BCUT2D eigenvalue weighted by Crippen LogP contribution is -2.52. The number of benzene rings is 2. The van der Waals surface area contributed by atoms with Crippen LogP contribution in [0, 0.1) is 0 Å². The first-order chi connectivity index (χ1) is 23.3. The number of para-hydroxylation sites is 1. The lowest BCUT2D eigenvalue weighted by molar-refractivity contribution is -0.146. The van der Waals surface area contributed by atoms with Crippen molar-refractivity contribution in [2.24, 2.45) is 0 Å². The number of anilines is 1. The van der Waals surface area contributed by atoms with Gasteiger partial charge in [0.2, 0.25) is 11.8 Å². The molecule has 3 rings (SSSR count). The Labute approximate surface area is 285 Å². The molecule has 49 heavy (non-hydrogen) atoms.